The fourth-order valence-electron chi connectivity index (χ4n) is 1.98. The molecule has 136 valence electrons. The van der Waals surface area contributed by atoms with Crippen LogP contribution < -0.4 is 15.8 Å². The molecule has 0 saturated heterocycles. The summed E-state index contributed by atoms with van der Waals surface area (Å²) < 4.78 is 5.69. The van der Waals surface area contributed by atoms with E-state index in [1.165, 1.54) is 0 Å². The molecule has 0 bridgehead atoms. The molecule has 3 N–H and O–H groups in total. The van der Waals surface area contributed by atoms with Crippen LogP contribution in [0.15, 0.2) is 47.7 Å². The second kappa shape index (κ2) is 10.2. The minimum Gasteiger partial charge on any atom is -0.472 e. The quantitative estimate of drug-likeness (QED) is 0.398. The van der Waals surface area contributed by atoms with Crippen molar-refractivity contribution in [2.45, 2.75) is 39.3 Å². The zero-order valence-electron chi connectivity index (χ0n) is 14.9. The molecule has 0 fully saturated rings. The third kappa shape index (κ3) is 8.67. The van der Waals surface area contributed by atoms with Crippen LogP contribution in [0.2, 0.25) is 0 Å². The van der Waals surface area contributed by atoms with Crippen molar-refractivity contribution in [1.82, 2.24) is 15.3 Å². The number of rotatable bonds is 6. The summed E-state index contributed by atoms with van der Waals surface area (Å²) in [7, 11) is 0. The highest BCUT2D eigenvalue weighted by Gasteiger charge is 2.12. The van der Waals surface area contributed by atoms with Gasteiger partial charge in [-0.1, -0.05) is 12.1 Å². The lowest BCUT2D eigenvalue weighted by molar-refractivity contribution is 0.124. The first-order valence-corrected chi connectivity index (χ1v) is 8.00. The van der Waals surface area contributed by atoms with Crippen molar-refractivity contribution in [3.63, 3.8) is 0 Å². The number of hydrogen-bond acceptors (Lipinski definition) is 4. The van der Waals surface area contributed by atoms with E-state index < -0.39 is 0 Å². The van der Waals surface area contributed by atoms with Crippen LogP contribution in [0.1, 0.15) is 32.0 Å². The Kier molecular flexibility index (Phi) is 8.60. The first-order valence-electron chi connectivity index (χ1n) is 8.00. The molecule has 7 heteroatoms. The molecule has 0 saturated carbocycles. The normalized spacial score (nSPS) is 11.6. The Morgan fingerprint density at radius 2 is 2.00 bits per heavy atom. The Morgan fingerprint density at radius 1 is 1.20 bits per heavy atom. The van der Waals surface area contributed by atoms with Crippen LogP contribution in [-0.4, -0.2) is 28.1 Å². The van der Waals surface area contributed by atoms with Crippen molar-refractivity contribution in [3.05, 3.63) is 54.0 Å². The molecule has 0 amide bonds. The van der Waals surface area contributed by atoms with Crippen molar-refractivity contribution >= 4 is 29.9 Å². The minimum atomic E-state index is -0.255. The smallest absolute Gasteiger partial charge is 0.213 e. The number of nitrogens with zero attached hydrogens (tertiary/aromatic N) is 3. The fraction of sp³-hybridized carbons (Fsp3) is 0.389. The van der Waals surface area contributed by atoms with Crippen LogP contribution in [0.4, 0.5) is 0 Å². The van der Waals surface area contributed by atoms with E-state index in [9.17, 15) is 0 Å². The molecule has 0 spiro atoms. The Balaban J connectivity index is 0.00000312. The molecule has 0 radical (unpaired) electrons. The van der Waals surface area contributed by atoms with Gasteiger partial charge in [0.1, 0.15) is 5.60 Å². The largest absolute Gasteiger partial charge is 0.472 e. The second-order valence-corrected chi connectivity index (χ2v) is 6.42. The number of pyridine rings is 2. The van der Waals surface area contributed by atoms with Gasteiger partial charge in [0.05, 0.1) is 6.54 Å². The molecular formula is C18H26IN5O. The van der Waals surface area contributed by atoms with E-state index in [1.807, 2.05) is 51.1 Å². The molecule has 0 unspecified atom stereocenters. The molecule has 6 nitrogen and oxygen atoms in total. The Labute approximate surface area is 166 Å². The van der Waals surface area contributed by atoms with Crippen LogP contribution in [0.25, 0.3) is 0 Å². The van der Waals surface area contributed by atoms with E-state index in [-0.39, 0.29) is 29.6 Å². The van der Waals surface area contributed by atoms with Crippen LogP contribution >= 0.6 is 24.0 Å². The maximum atomic E-state index is 5.87. The summed E-state index contributed by atoms with van der Waals surface area (Å²) in [4.78, 5) is 12.9. The van der Waals surface area contributed by atoms with Gasteiger partial charge in [-0.05, 0) is 38.5 Å². The van der Waals surface area contributed by atoms with Crippen LogP contribution in [0, 0.1) is 0 Å². The first kappa shape index (κ1) is 21.1. The highest BCUT2D eigenvalue weighted by Crippen LogP contribution is 2.15. The van der Waals surface area contributed by atoms with Gasteiger partial charge in [0.2, 0.25) is 5.88 Å². The van der Waals surface area contributed by atoms with Gasteiger partial charge in [-0.2, -0.15) is 0 Å². The van der Waals surface area contributed by atoms with E-state index in [2.05, 4.69) is 20.3 Å². The summed E-state index contributed by atoms with van der Waals surface area (Å²) in [5.41, 5.74) is 7.62. The van der Waals surface area contributed by atoms with E-state index in [0.717, 1.165) is 17.7 Å². The summed E-state index contributed by atoms with van der Waals surface area (Å²) in [5.74, 6) is 1.03. The molecule has 0 aliphatic rings. The Bertz CT molecular complexity index is 653. The van der Waals surface area contributed by atoms with Gasteiger partial charge in [0.25, 0.3) is 0 Å². The molecule has 0 aliphatic carbocycles. The van der Waals surface area contributed by atoms with Gasteiger partial charge in [-0.15, -0.1) is 24.0 Å². The summed E-state index contributed by atoms with van der Waals surface area (Å²) in [6.45, 7) is 7.15. The Hall–Kier alpha value is -1.90. The van der Waals surface area contributed by atoms with E-state index >= 15 is 0 Å². The number of hydrogen-bond donors (Lipinski definition) is 2. The average molecular weight is 455 g/mol. The monoisotopic (exact) mass is 455 g/mol. The summed E-state index contributed by atoms with van der Waals surface area (Å²) in [6.07, 6.45) is 4.34. The second-order valence-electron chi connectivity index (χ2n) is 6.42. The predicted octanol–water partition coefficient (Wildman–Crippen LogP) is 2.92. The lowest BCUT2D eigenvalue weighted by Gasteiger charge is -2.20. The molecule has 0 aromatic carbocycles. The van der Waals surface area contributed by atoms with E-state index in [1.54, 1.807) is 12.4 Å². The van der Waals surface area contributed by atoms with Gasteiger partial charge in [0, 0.05) is 37.1 Å². The zero-order chi connectivity index (χ0) is 17.4. The topological polar surface area (TPSA) is 85.4 Å². The standard InChI is InChI=1S/C18H25N5O.HI/c1-18(2,3)24-16-8-7-14(12-22-16)13-23-17(19)21-11-9-15-6-4-5-10-20-15;/h4-8,10,12H,9,11,13H2,1-3H3,(H3,19,21,23);1H. The first-order chi connectivity index (χ1) is 11.4. The average Bonchev–Trinajstić information content (AvgIpc) is 2.54. The summed E-state index contributed by atoms with van der Waals surface area (Å²) >= 11 is 0. The number of ether oxygens (including phenoxy) is 1. The molecule has 2 heterocycles. The number of guanidine groups is 1. The van der Waals surface area contributed by atoms with E-state index in [4.69, 9.17) is 10.5 Å². The van der Waals surface area contributed by atoms with Gasteiger partial charge in [0.15, 0.2) is 5.96 Å². The van der Waals surface area contributed by atoms with Crippen molar-refractivity contribution in [1.29, 1.82) is 0 Å². The van der Waals surface area contributed by atoms with Crippen molar-refractivity contribution in [2.75, 3.05) is 6.54 Å². The summed E-state index contributed by atoms with van der Waals surface area (Å²) in [5, 5.41) is 3.09. The van der Waals surface area contributed by atoms with Crippen LogP contribution in [-0.2, 0) is 13.0 Å². The van der Waals surface area contributed by atoms with Gasteiger partial charge in [-0.25, -0.2) is 9.98 Å². The fourth-order valence-corrected chi connectivity index (χ4v) is 1.98. The number of nitrogens with one attached hydrogen (secondary N) is 1. The molecule has 0 aliphatic heterocycles. The van der Waals surface area contributed by atoms with Gasteiger partial charge < -0.3 is 15.8 Å². The third-order valence-electron chi connectivity index (χ3n) is 3.05. The highest BCUT2D eigenvalue weighted by molar-refractivity contribution is 14.0. The molecular weight excluding hydrogens is 429 g/mol. The maximum Gasteiger partial charge on any atom is 0.213 e. The Morgan fingerprint density at radius 3 is 2.60 bits per heavy atom. The van der Waals surface area contributed by atoms with Crippen LogP contribution in [0.5, 0.6) is 5.88 Å². The predicted molar refractivity (Wildman–Crippen MR) is 111 cm³/mol. The molecule has 0 atom stereocenters. The lowest BCUT2D eigenvalue weighted by Crippen LogP contribution is -2.33. The van der Waals surface area contributed by atoms with Gasteiger partial charge in [-0.3, -0.25) is 4.98 Å². The van der Waals surface area contributed by atoms with Crippen molar-refractivity contribution in [3.8, 4) is 5.88 Å². The van der Waals surface area contributed by atoms with Gasteiger partial charge >= 0.3 is 0 Å². The van der Waals surface area contributed by atoms with Crippen LogP contribution in [0.3, 0.4) is 0 Å². The number of nitrogens with two attached hydrogens (primary N) is 1. The third-order valence-corrected chi connectivity index (χ3v) is 3.05. The summed E-state index contributed by atoms with van der Waals surface area (Å²) in [6, 6.07) is 9.65. The number of aromatic nitrogens is 2. The SMILES string of the molecule is CC(C)(C)Oc1ccc(CN=C(N)NCCc2ccccn2)cn1.I. The molecule has 2 aromatic rings. The number of aliphatic imine (C=N–C) groups is 1. The number of halogens is 1. The molecule has 2 rings (SSSR count). The van der Waals surface area contributed by atoms with Crippen molar-refractivity contribution in [2.24, 2.45) is 10.7 Å². The van der Waals surface area contributed by atoms with Crippen molar-refractivity contribution < 1.29 is 4.74 Å². The minimum absolute atomic E-state index is 0. The maximum absolute atomic E-state index is 5.87. The lowest BCUT2D eigenvalue weighted by atomic mass is 10.2. The highest BCUT2D eigenvalue weighted by atomic mass is 127. The van der Waals surface area contributed by atoms with E-state index in [0.29, 0.717) is 24.9 Å². The zero-order valence-corrected chi connectivity index (χ0v) is 17.2. The molecule has 25 heavy (non-hydrogen) atoms. The molecule has 2 aromatic heterocycles.